The lowest BCUT2D eigenvalue weighted by Crippen LogP contribution is -2.38. The summed E-state index contributed by atoms with van der Waals surface area (Å²) in [5, 5.41) is 9.59. The molecule has 0 aromatic heterocycles. The van der Waals surface area contributed by atoms with E-state index in [1.165, 1.54) is 7.11 Å². The van der Waals surface area contributed by atoms with E-state index in [4.69, 9.17) is 10.5 Å². The number of nitrogens with zero attached hydrogens (tertiary/aromatic N) is 1. The monoisotopic (exact) mass is 278 g/mol. The van der Waals surface area contributed by atoms with E-state index in [-0.39, 0.29) is 12.6 Å². The van der Waals surface area contributed by atoms with Crippen LogP contribution >= 0.6 is 0 Å². The molecule has 0 radical (unpaired) electrons. The summed E-state index contributed by atoms with van der Waals surface area (Å²) in [5.41, 5.74) is 7.76. The van der Waals surface area contributed by atoms with Crippen LogP contribution in [0.1, 0.15) is 36.0 Å². The molecule has 1 unspecified atom stereocenters. The third-order valence-electron chi connectivity index (χ3n) is 3.89. The number of nitrogen functional groups attached to an aromatic ring is 1. The van der Waals surface area contributed by atoms with Crippen molar-refractivity contribution in [3.63, 3.8) is 0 Å². The van der Waals surface area contributed by atoms with Crippen LogP contribution in [0, 0.1) is 0 Å². The minimum atomic E-state index is -0.431. The summed E-state index contributed by atoms with van der Waals surface area (Å²) in [6.07, 6.45) is 4.28. The first kappa shape index (κ1) is 14.7. The van der Waals surface area contributed by atoms with Gasteiger partial charge in [-0.05, 0) is 25.0 Å². The van der Waals surface area contributed by atoms with E-state index in [0.717, 1.165) is 37.9 Å². The molecule has 0 saturated carbocycles. The third-order valence-corrected chi connectivity index (χ3v) is 3.89. The Morgan fingerprint density at radius 3 is 2.95 bits per heavy atom. The predicted molar refractivity (Wildman–Crippen MR) is 78.9 cm³/mol. The van der Waals surface area contributed by atoms with Crippen LogP contribution in [-0.2, 0) is 4.74 Å². The number of aliphatic hydroxyl groups excluding tert-OH is 1. The van der Waals surface area contributed by atoms with Crippen LogP contribution in [0.3, 0.4) is 0 Å². The van der Waals surface area contributed by atoms with Crippen molar-refractivity contribution in [3.05, 3.63) is 23.8 Å². The number of para-hydroxylation sites is 1. The Morgan fingerprint density at radius 1 is 1.45 bits per heavy atom. The zero-order valence-electron chi connectivity index (χ0n) is 11.8. The van der Waals surface area contributed by atoms with Gasteiger partial charge in [-0.3, -0.25) is 0 Å². The van der Waals surface area contributed by atoms with E-state index in [1.807, 2.05) is 6.07 Å². The van der Waals surface area contributed by atoms with Crippen molar-refractivity contribution in [2.45, 2.75) is 31.7 Å². The van der Waals surface area contributed by atoms with Gasteiger partial charge in [0.2, 0.25) is 0 Å². The molecule has 1 aromatic carbocycles. The highest BCUT2D eigenvalue weighted by atomic mass is 16.5. The molecule has 0 bridgehead atoms. The molecule has 0 spiro atoms. The number of hydrogen-bond acceptors (Lipinski definition) is 5. The lowest BCUT2D eigenvalue weighted by Gasteiger charge is -2.32. The van der Waals surface area contributed by atoms with Crippen LogP contribution in [-0.4, -0.2) is 37.4 Å². The van der Waals surface area contributed by atoms with Crippen LogP contribution in [0.5, 0.6) is 0 Å². The van der Waals surface area contributed by atoms with Crippen molar-refractivity contribution in [2.24, 2.45) is 0 Å². The number of esters is 1. The number of methoxy groups -OCH3 is 1. The summed E-state index contributed by atoms with van der Waals surface area (Å²) in [6.45, 7) is 0.946. The molecule has 0 aliphatic carbocycles. The fourth-order valence-electron chi connectivity index (χ4n) is 2.78. The Kier molecular flexibility index (Phi) is 4.84. The zero-order chi connectivity index (χ0) is 14.5. The molecule has 3 N–H and O–H groups in total. The first-order chi connectivity index (χ1) is 9.69. The number of benzene rings is 1. The Hall–Kier alpha value is -1.75. The first-order valence-electron chi connectivity index (χ1n) is 7.03. The van der Waals surface area contributed by atoms with Gasteiger partial charge in [-0.25, -0.2) is 4.79 Å². The van der Waals surface area contributed by atoms with E-state index in [1.54, 1.807) is 12.1 Å². The number of ether oxygens (including phenoxy) is 1. The second-order valence-electron chi connectivity index (χ2n) is 5.11. The Balaban J connectivity index is 2.37. The highest BCUT2D eigenvalue weighted by molar-refractivity contribution is 5.98. The zero-order valence-corrected chi connectivity index (χ0v) is 11.8. The SMILES string of the molecule is COC(=O)c1cccc(N2CCCCCC2CO)c1N. The van der Waals surface area contributed by atoms with Crippen molar-refractivity contribution in [2.75, 3.05) is 30.9 Å². The van der Waals surface area contributed by atoms with Crippen molar-refractivity contribution in [3.8, 4) is 0 Å². The normalized spacial score (nSPS) is 19.5. The highest BCUT2D eigenvalue weighted by Gasteiger charge is 2.24. The average Bonchev–Trinajstić information content (AvgIpc) is 2.71. The van der Waals surface area contributed by atoms with E-state index < -0.39 is 5.97 Å². The van der Waals surface area contributed by atoms with Crippen LogP contribution in [0.25, 0.3) is 0 Å². The predicted octanol–water partition coefficient (Wildman–Crippen LogP) is 1.80. The number of hydrogen-bond donors (Lipinski definition) is 2. The molecule has 5 heteroatoms. The summed E-state index contributed by atoms with van der Waals surface area (Å²) in [5.74, 6) is -0.431. The van der Waals surface area contributed by atoms with Gasteiger partial charge in [0.25, 0.3) is 0 Å². The summed E-state index contributed by atoms with van der Waals surface area (Å²) in [6, 6.07) is 5.43. The lowest BCUT2D eigenvalue weighted by atomic mass is 10.1. The number of aliphatic hydroxyl groups is 1. The largest absolute Gasteiger partial charge is 0.465 e. The second kappa shape index (κ2) is 6.61. The van der Waals surface area contributed by atoms with E-state index in [9.17, 15) is 9.90 Å². The third kappa shape index (κ3) is 2.88. The number of rotatable bonds is 3. The molecular weight excluding hydrogens is 256 g/mol. The molecule has 20 heavy (non-hydrogen) atoms. The summed E-state index contributed by atoms with van der Waals surface area (Å²) < 4.78 is 4.75. The molecule has 2 rings (SSSR count). The fraction of sp³-hybridized carbons (Fsp3) is 0.533. The summed E-state index contributed by atoms with van der Waals surface area (Å²) in [4.78, 5) is 13.8. The molecule has 5 nitrogen and oxygen atoms in total. The smallest absolute Gasteiger partial charge is 0.340 e. The molecule has 1 aliphatic heterocycles. The molecule has 1 heterocycles. The van der Waals surface area contributed by atoms with Gasteiger partial charge < -0.3 is 20.5 Å². The van der Waals surface area contributed by atoms with Crippen LogP contribution in [0.4, 0.5) is 11.4 Å². The molecule has 1 aliphatic rings. The van der Waals surface area contributed by atoms with Gasteiger partial charge in [0.05, 0.1) is 36.7 Å². The van der Waals surface area contributed by atoms with Crippen molar-refractivity contribution in [1.29, 1.82) is 0 Å². The maximum atomic E-state index is 11.7. The van der Waals surface area contributed by atoms with Gasteiger partial charge in [0, 0.05) is 6.54 Å². The number of carbonyl (C=O) groups is 1. The minimum Gasteiger partial charge on any atom is -0.465 e. The molecule has 1 saturated heterocycles. The number of carbonyl (C=O) groups excluding carboxylic acids is 1. The number of nitrogens with two attached hydrogens (primary N) is 1. The van der Waals surface area contributed by atoms with Crippen LogP contribution in [0.15, 0.2) is 18.2 Å². The molecule has 1 aromatic rings. The summed E-state index contributed by atoms with van der Waals surface area (Å²) >= 11 is 0. The lowest BCUT2D eigenvalue weighted by molar-refractivity contribution is 0.0602. The van der Waals surface area contributed by atoms with E-state index in [0.29, 0.717) is 11.3 Å². The molecular formula is C15H22N2O3. The molecule has 0 amide bonds. The molecule has 1 fully saturated rings. The minimum absolute atomic E-state index is 0.0627. The maximum absolute atomic E-state index is 11.7. The topological polar surface area (TPSA) is 75.8 Å². The second-order valence-corrected chi connectivity index (χ2v) is 5.11. The van der Waals surface area contributed by atoms with Crippen LogP contribution < -0.4 is 10.6 Å². The standard InChI is InChI=1S/C15H22N2O3/c1-20-15(19)12-7-5-8-13(14(12)16)17-9-4-2-3-6-11(17)10-18/h5,7-8,11,18H,2-4,6,9-10,16H2,1H3. The quantitative estimate of drug-likeness (QED) is 0.651. The highest BCUT2D eigenvalue weighted by Crippen LogP contribution is 2.31. The number of anilines is 2. The first-order valence-corrected chi connectivity index (χ1v) is 7.03. The van der Waals surface area contributed by atoms with E-state index in [2.05, 4.69) is 4.90 Å². The molecule has 1 atom stereocenters. The van der Waals surface area contributed by atoms with Crippen molar-refractivity contribution < 1.29 is 14.6 Å². The average molecular weight is 278 g/mol. The maximum Gasteiger partial charge on any atom is 0.340 e. The van der Waals surface area contributed by atoms with Gasteiger partial charge >= 0.3 is 5.97 Å². The van der Waals surface area contributed by atoms with Gasteiger partial charge in [-0.2, -0.15) is 0 Å². The fourth-order valence-corrected chi connectivity index (χ4v) is 2.78. The van der Waals surface area contributed by atoms with Gasteiger partial charge in [-0.1, -0.05) is 18.9 Å². The summed E-state index contributed by atoms with van der Waals surface area (Å²) in [7, 11) is 1.34. The van der Waals surface area contributed by atoms with Crippen molar-refractivity contribution in [1.82, 2.24) is 0 Å². The Bertz CT molecular complexity index is 476. The molecule has 110 valence electrons. The van der Waals surface area contributed by atoms with Crippen molar-refractivity contribution >= 4 is 17.3 Å². The van der Waals surface area contributed by atoms with Crippen LogP contribution in [0.2, 0.25) is 0 Å². The van der Waals surface area contributed by atoms with Gasteiger partial charge in [0.15, 0.2) is 0 Å². The van der Waals surface area contributed by atoms with Gasteiger partial charge in [-0.15, -0.1) is 0 Å². The van der Waals surface area contributed by atoms with E-state index >= 15 is 0 Å². The van der Waals surface area contributed by atoms with Gasteiger partial charge in [0.1, 0.15) is 0 Å². The Labute approximate surface area is 119 Å². The Morgan fingerprint density at radius 2 is 2.25 bits per heavy atom.